The first-order chi connectivity index (χ1) is 15.3. The van der Waals surface area contributed by atoms with Gasteiger partial charge in [0.2, 0.25) is 0 Å². The van der Waals surface area contributed by atoms with Crippen molar-refractivity contribution in [2.45, 2.75) is 82.2 Å². The van der Waals surface area contributed by atoms with Crippen molar-refractivity contribution in [1.82, 2.24) is 0 Å². The molecular formula is C25H33O7-. The number of carbonyl (C=O) groups excluding carboxylic acids is 2. The average Bonchev–Trinajstić information content (AvgIpc) is 3.18. The molecule has 0 aromatic rings. The number of carboxylic acids is 1. The SMILES string of the molecule is O=C([O-])C12CC3CC(C1)C1(OCC(COC(=O)C45CC6CC(C4)C(O)C(C6)C5)O1)C(C3)C2. The van der Waals surface area contributed by atoms with Gasteiger partial charge in [-0.1, -0.05) is 0 Å². The van der Waals surface area contributed by atoms with Gasteiger partial charge in [-0.15, -0.1) is 0 Å². The summed E-state index contributed by atoms with van der Waals surface area (Å²) in [4.78, 5) is 25.1. The van der Waals surface area contributed by atoms with Gasteiger partial charge >= 0.3 is 5.97 Å². The Morgan fingerprint density at radius 2 is 1.53 bits per heavy atom. The summed E-state index contributed by atoms with van der Waals surface area (Å²) in [6, 6.07) is 0. The molecule has 1 aliphatic heterocycles. The topological polar surface area (TPSA) is 105 Å². The molecule has 8 bridgehead atoms. The van der Waals surface area contributed by atoms with E-state index in [-0.39, 0.29) is 48.5 Å². The van der Waals surface area contributed by atoms with E-state index in [1.54, 1.807) is 0 Å². The maximum absolute atomic E-state index is 13.2. The zero-order valence-electron chi connectivity index (χ0n) is 18.5. The Balaban J connectivity index is 1.02. The quantitative estimate of drug-likeness (QED) is 0.652. The zero-order valence-corrected chi connectivity index (χ0v) is 18.5. The lowest BCUT2D eigenvalue weighted by Gasteiger charge is -2.63. The molecule has 176 valence electrons. The van der Waals surface area contributed by atoms with Crippen LogP contribution < -0.4 is 5.11 Å². The Kier molecular flexibility index (Phi) is 4.09. The molecule has 1 spiro atoms. The standard InChI is InChI=1S/C25H34O7/c26-20-15-1-13-2-16(20)8-24(6-13,7-15)22(29)30-11-19-12-31-25(32-19)17-3-14-4-18(25)10-23(5-14,9-17)21(27)28/h13-20,26H,1-12H2,(H,27,28)/p-1. The molecule has 9 aliphatic rings. The van der Waals surface area contributed by atoms with Crippen molar-refractivity contribution < 1.29 is 34.0 Å². The van der Waals surface area contributed by atoms with E-state index in [0.717, 1.165) is 51.4 Å². The van der Waals surface area contributed by atoms with Crippen LogP contribution in [0.2, 0.25) is 0 Å². The number of aliphatic carboxylic acids is 1. The molecule has 7 heteroatoms. The fourth-order valence-corrected chi connectivity index (χ4v) is 9.81. The third-order valence-corrected chi connectivity index (χ3v) is 10.7. The van der Waals surface area contributed by atoms with Gasteiger partial charge in [-0.3, -0.25) is 4.79 Å². The van der Waals surface area contributed by atoms with Crippen LogP contribution in [0.5, 0.6) is 0 Å². The summed E-state index contributed by atoms with van der Waals surface area (Å²) in [5.41, 5.74) is -1.13. The Morgan fingerprint density at radius 1 is 0.906 bits per heavy atom. The predicted octanol–water partition coefficient (Wildman–Crippen LogP) is 1.40. The number of esters is 1. The molecule has 9 fully saturated rings. The molecule has 32 heavy (non-hydrogen) atoms. The largest absolute Gasteiger partial charge is 0.550 e. The van der Waals surface area contributed by atoms with Gasteiger partial charge in [-0.05, 0) is 87.9 Å². The monoisotopic (exact) mass is 445 g/mol. The maximum atomic E-state index is 13.2. The lowest BCUT2D eigenvalue weighted by molar-refractivity contribution is -0.349. The van der Waals surface area contributed by atoms with Crippen LogP contribution in [0.25, 0.3) is 0 Å². The molecular weight excluding hydrogens is 412 g/mol. The molecule has 9 rings (SSSR count). The van der Waals surface area contributed by atoms with Crippen LogP contribution in [0.1, 0.15) is 64.2 Å². The summed E-state index contributed by atoms with van der Waals surface area (Å²) in [5, 5.41) is 22.4. The van der Waals surface area contributed by atoms with Crippen molar-refractivity contribution in [3.8, 4) is 0 Å². The van der Waals surface area contributed by atoms with Crippen molar-refractivity contribution in [3.05, 3.63) is 0 Å². The second-order valence-electron chi connectivity index (χ2n) is 12.5. The highest BCUT2D eigenvalue weighted by Gasteiger charge is 2.66. The van der Waals surface area contributed by atoms with Crippen LogP contribution in [0.15, 0.2) is 0 Å². The van der Waals surface area contributed by atoms with Crippen molar-refractivity contribution in [2.75, 3.05) is 13.2 Å². The van der Waals surface area contributed by atoms with Crippen molar-refractivity contribution in [1.29, 1.82) is 0 Å². The fraction of sp³-hybridized carbons (Fsp3) is 0.920. The third-order valence-electron chi connectivity index (χ3n) is 10.7. The van der Waals surface area contributed by atoms with Crippen LogP contribution in [0, 0.1) is 46.3 Å². The Labute approximate surface area is 188 Å². The van der Waals surface area contributed by atoms with Crippen LogP contribution in [-0.2, 0) is 23.8 Å². The van der Waals surface area contributed by atoms with Crippen molar-refractivity contribution in [3.63, 3.8) is 0 Å². The van der Waals surface area contributed by atoms with Gasteiger partial charge < -0.3 is 29.2 Å². The van der Waals surface area contributed by atoms with E-state index in [4.69, 9.17) is 14.2 Å². The minimum absolute atomic E-state index is 0.0805. The van der Waals surface area contributed by atoms with Gasteiger partial charge in [0.15, 0.2) is 5.79 Å². The number of aliphatic hydroxyl groups is 1. The highest BCUT2D eigenvalue weighted by molar-refractivity contribution is 5.77. The van der Waals surface area contributed by atoms with E-state index < -0.39 is 22.6 Å². The van der Waals surface area contributed by atoms with Gasteiger partial charge in [-0.25, -0.2) is 0 Å². The summed E-state index contributed by atoms with van der Waals surface area (Å²) in [5.74, 6) is -0.121. The second-order valence-corrected chi connectivity index (χ2v) is 12.5. The fourth-order valence-electron chi connectivity index (χ4n) is 9.81. The van der Waals surface area contributed by atoms with Crippen LogP contribution in [0.4, 0.5) is 0 Å². The molecule has 1 heterocycles. The zero-order chi connectivity index (χ0) is 21.9. The van der Waals surface area contributed by atoms with Gasteiger partial charge in [0, 0.05) is 23.2 Å². The number of hydrogen-bond acceptors (Lipinski definition) is 7. The molecule has 0 radical (unpaired) electrons. The van der Waals surface area contributed by atoms with Gasteiger partial charge in [0.25, 0.3) is 0 Å². The normalized spacial score (nSPS) is 56.8. The lowest BCUT2D eigenvalue weighted by atomic mass is 9.47. The summed E-state index contributed by atoms with van der Waals surface area (Å²) in [6.07, 6.45) is 7.74. The Hall–Kier alpha value is -1.18. The van der Waals surface area contributed by atoms with E-state index in [1.807, 2.05) is 0 Å². The highest BCUT2D eigenvalue weighted by Crippen LogP contribution is 2.66. The van der Waals surface area contributed by atoms with Crippen LogP contribution in [-0.4, -0.2) is 48.3 Å². The minimum atomic E-state index is -0.907. The number of aliphatic hydroxyl groups excluding tert-OH is 1. The number of hydrogen-bond donors (Lipinski definition) is 1. The smallest absolute Gasteiger partial charge is 0.312 e. The first kappa shape index (κ1) is 20.2. The maximum Gasteiger partial charge on any atom is 0.312 e. The summed E-state index contributed by atoms with van der Waals surface area (Å²) in [6.45, 7) is 0.586. The molecule has 0 aromatic heterocycles. The number of carboxylic acid groups (broad SMARTS) is 1. The molecule has 0 aromatic carbocycles. The van der Waals surface area contributed by atoms with Gasteiger partial charge in [0.05, 0.1) is 18.1 Å². The molecule has 1 N–H and O–H groups in total. The highest BCUT2D eigenvalue weighted by atomic mass is 16.8. The predicted molar refractivity (Wildman–Crippen MR) is 108 cm³/mol. The number of rotatable bonds is 4. The first-order valence-electron chi connectivity index (χ1n) is 12.7. The molecule has 7 nitrogen and oxygen atoms in total. The van der Waals surface area contributed by atoms with E-state index in [0.29, 0.717) is 31.3 Å². The van der Waals surface area contributed by atoms with E-state index >= 15 is 0 Å². The molecule has 5 unspecified atom stereocenters. The summed E-state index contributed by atoms with van der Waals surface area (Å²) in [7, 11) is 0. The summed E-state index contributed by atoms with van der Waals surface area (Å²) < 4.78 is 18.6. The first-order valence-corrected chi connectivity index (χ1v) is 12.7. The van der Waals surface area contributed by atoms with Crippen molar-refractivity contribution in [2.24, 2.45) is 46.3 Å². The van der Waals surface area contributed by atoms with Crippen molar-refractivity contribution >= 4 is 11.9 Å². The molecule has 5 atom stereocenters. The van der Waals surface area contributed by atoms with Crippen LogP contribution >= 0.6 is 0 Å². The van der Waals surface area contributed by atoms with E-state index in [2.05, 4.69) is 0 Å². The number of carbonyl (C=O) groups is 2. The lowest BCUT2D eigenvalue weighted by Crippen LogP contribution is -2.65. The molecule has 0 amide bonds. The van der Waals surface area contributed by atoms with E-state index in [9.17, 15) is 19.8 Å². The second kappa shape index (κ2) is 6.48. The van der Waals surface area contributed by atoms with Gasteiger partial charge in [-0.2, -0.15) is 0 Å². The Bertz CT molecular complexity index is 821. The molecule has 8 saturated carbocycles. The van der Waals surface area contributed by atoms with Crippen LogP contribution in [0.3, 0.4) is 0 Å². The van der Waals surface area contributed by atoms with Gasteiger partial charge in [0.1, 0.15) is 12.7 Å². The molecule has 8 aliphatic carbocycles. The minimum Gasteiger partial charge on any atom is -0.550 e. The van der Waals surface area contributed by atoms with E-state index in [1.165, 1.54) is 0 Å². The summed E-state index contributed by atoms with van der Waals surface area (Å²) >= 11 is 0. The third kappa shape index (κ3) is 2.59. The molecule has 1 saturated heterocycles. The Morgan fingerprint density at radius 3 is 2.19 bits per heavy atom. The number of ether oxygens (including phenoxy) is 3. The average molecular weight is 446 g/mol.